The number of rotatable bonds is 4. The topological polar surface area (TPSA) is 95.2 Å². The molecule has 0 radical (unpaired) electrons. The van der Waals surface area contributed by atoms with E-state index >= 15 is 0 Å². The number of aromatic nitrogens is 1. The molecule has 6 nitrogen and oxygen atoms in total. The number of nitrogens with two attached hydrogens (primary N) is 1. The monoisotopic (exact) mass is 233 g/mol. The van der Waals surface area contributed by atoms with Crippen LogP contribution in [0.5, 0.6) is 0 Å². The van der Waals surface area contributed by atoms with Gasteiger partial charge >= 0.3 is 0 Å². The molecule has 0 atom stereocenters. The van der Waals surface area contributed by atoms with Crippen LogP contribution in [0.1, 0.15) is 5.89 Å². The number of nitro groups is 1. The predicted molar refractivity (Wildman–Crippen MR) is 61.4 cm³/mol. The van der Waals surface area contributed by atoms with Crippen molar-refractivity contribution in [2.45, 2.75) is 6.42 Å². The molecular weight excluding hydrogens is 222 g/mol. The van der Waals surface area contributed by atoms with E-state index in [9.17, 15) is 10.1 Å². The van der Waals surface area contributed by atoms with Gasteiger partial charge in [0.05, 0.1) is 11.1 Å². The summed E-state index contributed by atoms with van der Waals surface area (Å²) in [7, 11) is 0. The fourth-order valence-electron chi connectivity index (χ4n) is 1.43. The molecule has 0 saturated carbocycles. The Hall–Kier alpha value is -2.21. The molecule has 1 heterocycles. The molecule has 1 aromatic heterocycles. The number of non-ortho nitro benzene ring substituents is 1. The minimum Gasteiger partial charge on any atom is -0.441 e. The highest BCUT2D eigenvalue weighted by Gasteiger charge is 2.08. The van der Waals surface area contributed by atoms with Crippen LogP contribution < -0.4 is 5.73 Å². The first-order valence-electron chi connectivity index (χ1n) is 5.10. The van der Waals surface area contributed by atoms with Crippen molar-refractivity contribution in [3.63, 3.8) is 0 Å². The van der Waals surface area contributed by atoms with E-state index < -0.39 is 4.92 Å². The molecule has 88 valence electrons. The van der Waals surface area contributed by atoms with Crippen LogP contribution in [0, 0.1) is 10.1 Å². The van der Waals surface area contributed by atoms with E-state index in [0.29, 0.717) is 24.6 Å². The molecule has 1 aromatic carbocycles. The highest BCUT2D eigenvalue weighted by atomic mass is 16.6. The Morgan fingerprint density at radius 3 is 2.65 bits per heavy atom. The van der Waals surface area contributed by atoms with Gasteiger partial charge in [0.1, 0.15) is 0 Å². The molecule has 0 amide bonds. The van der Waals surface area contributed by atoms with E-state index in [4.69, 9.17) is 10.2 Å². The largest absolute Gasteiger partial charge is 0.441 e. The molecule has 2 N–H and O–H groups in total. The van der Waals surface area contributed by atoms with Crippen molar-refractivity contribution in [1.29, 1.82) is 0 Å². The molecule has 0 aliphatic heterocycles. The lowest BCUT2D eigenvalue weighted by Crippen LogP contribution is -2.02. The molecule has 17 heavy (non-hydrogen) atoms. The Balaban J connectivity index is 2.23. The Labute approximate surface area is 97.2 Å². The van der Waals surface area contributed by atoms with Gasteiger partial charge in [-0.3, -0.25) is 10.1 Å². The molecule has 0 aliphatic rings. The van der Waals surface area contributed by atoms with Crippen molar-refractivity contribution in [3.8, 4) is 11.3 Å². The molecule has 6 heteroatoms. The number of nitrogens with zero attached hydrogens (tertiary/aromatic N) is 2. The molecule has 0 saturated heterocycles. The number of benzene rings is 1. The average Bonchev–Trinajstić information content (AvgIpc) is 2.78. The van der Waals surface area contributed by atoms with Crippen LogP contribution in [0.3, 0.4) is 0 Å². The van der Waals surface area contributed by atoms with Crippen LogP contribution in [-0.2, 0) is 6.42 Å². The van der Waals surface area contributed by atoms with Gasteiger partial charge in [-0.15, -0.1) is 0 Å². The number of hydrogen-bond acceptors (Lipinski definition) is 5. The summed E-state index contributed by atoms with van der Waals surface area (Å²) in [6.07, 6.45) is 2.17. The van der Waals surface area contributed by atoms with Gasteiger partial charge in [-0.25, -0.2) is 4.98 Å². The van der Waals surface area contributed by atoms with Crippen LogP contribution in [0.15, 0.2) is 34.9 Å². The van der Waals surface area contributed by atoms with Gasteiger partial charge in [0.15, 0.2) is 11.7 Å². The summed E-state index contributed by atoms with van der Waals surface area (Å²) in [5.74, 6) is 1.16. The van der Waals surface area contributed by atoms with E-state index in [0.717, 1.165) is 5.56 Å². The lowest BCUT2D eigenvalue weighted by Gasteiger charge is -1.95. The van der Waals surface area contributed by atoms with Crippen molar-refractivity contribution in [1.82, 2.24) is 4.98 Å². The second-order valence-electron chi connectivity index (χ2n) is 3.46. The van der Waals surface area contributed by atoms with Gasteiger partial charge < -0.3 is 10.2 Å². The summed E-state index contributed by atoms with van der Waals surface area (Å²) < 4.78 is 5.45. The van der Waals surface area contributed by atoms with Crippen molar-refractivity contribution in [2.24, 2.45) is 5.73 Å². The van der Waals surface area contributed by atoms with E-state index in [-0.39, 0.29) is 5.69 Å². The summed E-state index contributed by atoms with van der Waals surface area (Å²) in [5, 5.41) is 10.5. The lowest BCUT2D eigenvalue weighted by molar-refractivity contribution is -0.384. The lowest BCUT2D eigenvalue weighted by atomic mass is 10.2. The third kappa shape index (κ3) is 2.48. The third-order valence-corrected chi connectivity index (χ3v) is 2.27. The van der Waals surface area contributed by atoms with Crippen LogP contribution in [0.4, 0.5) is 5.69 Å². The van der Waals surface area contributed by atoms with Crippen LogP contribution in [-0.4, -0.2) is 16.5 Å². The average molecular weight is 233 g/mol. The van der Waals surface area contributed by atoms with Gasteiger partial charge in [-0.2, -0.15) is 0 Å². The SMILES string of the molecule is NCCc1ncc(-c2ccc([N+](=O)[O-])cc2)o1. The molecule has 0 fully saturated rings. The zero-order chi connectivity index (χ0) is 12.3. The summed E-state index contributed by atoms with van der Waals surface area (Å²) in [5.41, 5.74) is 6.19. The molecule has 2 aromatic rings. The molecule has 0 unspecified atom stereocenters. The summed E-state index contributed by atoms with van der Waals surface area (Å²) in [4.78, 5) is 14.1. The second-order valence-corrected chi connectivity index (χ2v) is 3.46. The summed E-state index contributed by atoms with van der Waals surface area (Å²) >= 11 is 0. The Morgan fingerprint density at radius 1 is 1.35 bits per heavy atom. The summed E-state index contributed by atoms with van der Waals surface area (Å²) in [6, 6.07) is 6.12. The zero-order valence-corrected chi connectivity index (χ0v) is 9.00. The van der Waals surface area contributed by atoms with E-state index in [1.165, 1.54) is 12.1 Å². The van der Waals surface area contributed by atoms with Crippen LogP contribution in [0.2, 0.25) is 0 Å². The second kappa shape index (κ2) is 4.75. The molecule has 0 spiro atoms. The minimum absolute atomic E-state index is 0.0513. The minimum atomic E-state index is -0.440. The zero-order valence-electron chi connectivity index (χ0n) is 9.00. The number of oxazole rings is 1. The molecule has 0 aliphatic carbocycles. The van der Waals surface area contributed by atoms with E-state index in [2.05, 4.69) is 4.98 Å². The normalized spacial score (nSPS) is 10.4. The predicted octanol–water partition coefficient (Wildman–Crippen LogP) is 1.75. The Morgan fingerprint density at radius 2 is 2.06 bits per heavy atom. The van der Waals surface area contributed by atoms with E-state index in [1.807, 2.05) is 0 Å². The first-order valence-corrected chi connectivity index (χ1v) is 5.10. The first-order chi connectivity index (χ1) is 8.20. The van der Waals surface area contributed by atoms with Gasteiger partial charge in [-0.1, -0.05) is 0 Å². The molecule has 0 bridgehead atoms. The fraction of sp³-hybridized carbons (Fsp3) is 0.182. The fourth-order valence-corrected chi connectivity index (χ4v) is 1.43. The van der Waals surface area contributed by atoms with Gasteiger partial charge in [0.2, 0.25) is 0 Å². The van der Waals surface area contributed by atoms with Crippen molar-refractivity contribution in [2.75, 3.05) is 6.54 Å². The quantitative estimate of drug-likeness (QED) is 0.641. The van der Waals surface area contributed by atoms with Gasteiger partial charge in [-0.05, 0) is 12.1 Å². The Bertz CT molecular complexity index is 519. The highest BCUT2D eigenvalue weighted by molar-refractivity contribution is 5.58. The Kier molecular flexibility index (Phi) is 3.15. The van der Waals surface area contributed by atoms with Crippen molar-refractivity contribution >= 4 is 5.69 Å². The number of nitro benzene ring substituents is 1. The van der Waals surface area contributed by atoms with Gasteiger partial charge in [0.25, 0.3) is 5.69 Å². The van der Waals surface area contributed by atoms with Crippen LogP contribution in [0.25, 0.3) is 11.3 Å². The standard InChI is InChI=1S/C11H11N3O3/c12-6-5-11-13-7-10(17-11)8-1-3-9(4-2-8)14(15)16/h1-4,7H,5-6,12H2. The van der Waals surface area contributed by atoms with E-state index in [1.54, 1.807) is 18.3 Å². The highest BCUT2D eigenvalue weighted by Crippen LogP contribution is 2.23. The molecular formula is C11H11N3O3. The smallest absolute Gasteiger partial charge is 0.269 e. The maximum Gasteiger partial charge on any atom is 0.269 e. The first kappa shape index (κ1) is 11.3. The summed E-state index contributed by atoms with van der Waals surface area (Å²) in [6.45, 7) is 0.472. The third-order valence-electron chi connectivity index (χ3n) is 2.27. The number of hydrogen-bond donors (Lipinski definition) is 1. The van der Waals surface area contributed by atoms with Crippen molar-refractivity contribution in [3.05, 3.63) is 46.5 Å². The van der Waals surface area contributed by atoms with Crippen molar-refractivity contribution < 1.29 is 9.34 Å². The maximum atomic E-state index is 10.5. The maximum absolute atomic E-state index is 10.5. The molecule has 2 rings (SSSR count). The van der Waals surface area contributed by atoms with Crippen LogP contribution >= 0.6 is 0 Å². The van der Waals surface area contributed by atoms with Gasteiger partial charge in [0, 0.05) is 30.7 Å².